The Morgan fingerprint density at radius 1 is 0.676 bits per heavy atom. The van der Waals surface area contributed by atoms with Crippen LogP contribution in [0.5, 0.6) is 0 Å². The van der Waals surface area contributed by atoms with E-state index in [-0.39, 0.29) is 5.97 Å². The summed E-state index contributed by atoms with van der Waals surface area (Å²) in [7, 11) is 0. The fraction of sp³-hybridized carbons (Fsp3) is 0.519. The third-order valence-electron chi connectivity index (χ3n) is 4.77. The molecule has 0 fully saturated rings. The second kappa shape index (κ2) is 20.8. The number of benzene rings is 1. The molecule has 1 rings (SSSR count). The second-order valence-corrected chi connectivity index (χ2v) is 7.47. The number of esters is 1. The number of hydrogen-bond acceptors (Lipinski definition) is 7. The van der Waals surface area contributed by atoms with E-state index >= 15 is 0 Å². The van der Waals surface area contributed by atoms with Crippen molar-refractivity contribution in [2.45, 2.75) is 51.7 Å². The van der Waals surface area contributed by atoms with Gasteiger partial charge in [0.05, 0.1) is 64.0 Å². The molecule has 0 N–H and O–H groups in total. The number of rotatable bonds is 23. The van der Waals surface area contributed by atoms with Gasteiger partial charge in [-0.3, -0.25) is 0 Å². The fourth-order valence-corrected chi connectivity index (χ4v) is 2.96. The Hall–Kier alpha value is -2.77. The van der Waals surface area contributed by atoms with Crippen LogP contribution < -0.4 is 0 Å². The van der Waals surface area contributed by atoms with Gasteiger partial charge in [0.2, 0.25) is 0 Å². The maximum atomic E-state index is 12.8. The van der Waals surface area contributed by atoms with Crippen molar-refractivity contribution >= 4 is 5.97 Å². The third-order valence-corrected chi connectivity index (χ3v) is 4.77. The molecule has 0 radical (unpaired) electrons. The smallest absolute Gasteiger partial charge is 0.338 e. The van der Waals surface area contributed by atoms with E-state index < -0.39 is 0 Å². The standard InChI is InChI=1S/C27H40O7/c1-4-29-15-7-9-18-32-22-24-13-14-25(23-33-19-10-8-16-30-5-2)26(21-24)27(28)34-20-12-11-17-31-6-3/h4-6,13-14,21H,1-3,7-12,15-20,22-23H2. The lowest BCUT2D eigenvalue weighted by Crippen LogP contribution is -2.12. The van der Waals surface area contributed by atoms with Gasteiger partial charge < -0.3 is 28.4 Å². The topological polar surface area (TPSA) is 72.5 Å². The van der Waals surface area contributed by atoms with Crippen molar-refractivity contribution in [1.29, 1.82) is 0 Å². The summed E-state index contributed by atoms with van der Waals surface area (Å²) in [6.07, 6.45) is 9.34. The van der Waals surface area contributed by atoms with Crippen LogP contribution in [0.4, 0.5) is 0 Å². The quantitative estimate of drug-likeness (QED) is 0.114. The molecule has 0 aliphatic heterocycles. The molecule has 0 unspecified atom stereocenters. The summed E-state index contributed by atoms with van der Waals surface area (Å²) in [6, 6.07) is 5.70. The van der Waals surface area contributed by atoms with Crippen molar-refractivity contribution in [3.63, 3.8) is 0 Å². The van der Waals surface area contributed by atoms with Crippen molar-refractivity contribution < 1.29 is 33.2 Å². The summed E-state index contributed by atoms with van der Waals surface area (Å²) in [5.41, 5.74) is 2.23. The zero-order valence-electron chi connectivity index (χ0n) is 20.3. The lowest BCUT2D eigenvalue weighted by molar-refractivity contribution is 0.0483. The minimum absolute atomic E-state index is 0.330. The van der Waals surface area contributed by atoms with Crippen molar-refractivity contribution in [2.24, 2.45) is 0 Å². The summed E-state index contributed by atoms with van der Waals surface area (Å²) in [5, 5.41) is 0. The number of ether oxygens (including phenoxy) is 6. The molecular formula is C27H40O7. The first kappa shape index (κ1) is 29.3. The van der Waals surface area contributed by atoms with E-state index in [1.807, 2.05) is 18.2 Å². The highest BCUT2D eigenvalue weighted by molar-refractivity contribution is 5.91. The predicted octanol–water partition coefficient (Wildman–Crippen LogP) is 5.70. The fourth-order valence-electron chi connectivity index (χ4n) is 2.96. The summed E-state index contributed by atoms with van der Waals surface area (Å²) in [5.74, 6) is -0.356. The molecular weight excluding hydrogens is 436 g/mol. The van der Waals surface area contributed by atoms with Crippen LogP contribution in [0, 0.1) is 0 Å². The Labute approximate surface area is 204 Å². The van der Waals surface area contributed by atoms with Gasteiger partial charge in [-0.2, -0.15) is 0 Å². The highest BCUT2D eigenvalue weighted by atomic mass is 16.5. The van der Waals surface area contributed by atoms with E-state index in [4.69, 9.17) is 28.4 Å². The minimum Gasteiger partial charge on any atom is -0.502 e. The zero-order valence-corrected chi connectivity index (χ0v) is 20.3. The first-order valence-electron chi connectivity index (χ1n) is 11.8. The van der Waals surface area contributed by atoms with Gasteiger partial charge in [-0.05, 0) is 55.7 Å². The summed E-state index contributed by atoms with van der Waals surface area (Å²) < 4.78 is 32.3. The molecule has 1 aromatic carbocycles. The number of carbonyl (C=O) groups excluding carboxylic acids is 1. The van der Waals surface area contributed by atoms with Crippen molar-refractivity contribution in [3.05, 3.63) is 73.4 Å². The first-order chi connectivity index (χ1) is 16.7. The number of carbonyl (C=O) groups is 1. The lowest BCUT2D eigenvalue weighted by Gasteiger charge is -2.13. The van der Waals surface area contributed by atoms with Gasteiger partial charge >= 0.3 is 5.97 Å². The van der Waals surface area contributed by atoms with Gasteiger partial charge in [0.15, 0.2) is 0 Å². The lowest BCUT2D eigenvalue weighted by atomic mass is 10.0. The number of hydrogen-bond donors (Lipinski definition) is 0. The van der Waals surface area contributed by atoms with E-state index in [2.05, 4.69) is 19.7 Å². The molecule has 190 valence electrons. The molecule has 34 heavy (non-hydrogen) atoms. The highest BCUT2D eigenvalue weighted by Crippen LogP contribution is 2.17. The molecule has 0 aromatic heterocycles. The van der Waals surface area contributed by atoms with Crippen LogP contribution in [0.1, 0.15) is 60.0 Å². The average molecular weight is 477 g/mol. The molecule has 0 atom stereocenters. The van der Waals surface area contributed by atoms with E-state index in [9.17, 15) is 4.79 Å². The van der Waals surface area contributed by atoms with Gasteiger partial charge in [0, 0.05) is 13.2 Å². The Kier molecular flexibility index (Phi) is 17.9. The second-order valence-electron chi connectivity index (χ2n) is 7.47. The van der Waals surface area contributed by atoms with Crippen molar-refractivity contribution in [2.75, 3.05) is 39.6 Å². The summed E-state index contributed by atoms with van der Waals surface area (Å²) in [6.45, 7) is 14.7. The Morgan fingerprint density at radius 3 is 1.74 bits per heavy atom. The normalized spacial score (nSPS) is 10.4. The van der Waals surface area contributed by atoms with E-state index in [1.165, 1.54) is 18.8 Å². The summed E-state index contributed by atoms with van der Waals surface area (Å²) >= 11 is 0. The number of unbranched alkanes of at least 4 members (excludes halogenated alkanes) is 3. The van der Waals surface area contributed by atoms with Crippen LogP contribution >= 0.6 is 0 Å². The molecule has 0 heterocycles. The van der Waals surface area contributed by atoms with E-state index in [0.717, 1.165) is 49.7 Å². The van der Waals surface area contributed by atoms with E-state index in [1.54, 1.807) is 0 Å². The zero-order chi connectivity index (χ0) is 24.7. The van der Waals surface area contributed by atoms with Crippen molar-refractivity contribution in [3.8, 4) is 0 Å². The van der Waals surface area contributed by atoms with E-state index in [0.29, 0.717) is 58.4 Å². The molecule has 0 aliphatic rings. The largest absolute Gasteiger partial charge is 0.502 e. The molecule has 7 heteroatoms. The van der Waals surface area contributed by atoms with Crippen molar-refractivity contribution in [1.82, 2.24) is 0 Å². The minimum atomic E-state index is -0.356. The van der Waals surface area contributed by atoms with Crippen LogP contribution in [0.3, 0.4) is 0 Å². The van der Waals surface area contributed by atoms with Crippen LogP contribution in [0.15, 0.2) is 56.7 Å². The monoisotopic (exact) mass is 476 g/mol. The maximum absolute atomic E-state index is 12.8. The third kappa shape index (κ3) is 14.4. The van der Waals surface area contributed by atoms with Crippen LogP contribution in [-0.4, -0.2) is 45.6 Å². The molecule has 0 saturated carbocycles. The molecule has 0 amide bonds. The first-order valence-corrected chi connectivity index (χ1v) is 11.8. The molecule has 0 spiro atoms. The van der Waals surface area contributed by atoms with Crippen LogP contribution in [0.2, 0.25) is 0 Å². The van der Waals surface area contributed by atoms with Gasteiger partial charge in [-0.1, -0.05) is 31.9 Å². The summed E-state index contributed by atoms with van der Waals surface area (Å²) in [4.78, 5) is 12.8. The Bertz CT molecular complexity index is 702. The molecule has 0 bridgehead atoms. The highest BCUT2D eigenvalue weighted by Gasteiger charge is 2.14. The average Bonchev–Trinajstić information content (AvgIpc) is 2.85. The molecule has 0 aliphatic carbocycles. The predicted molar refractivity (Wildman–Crippen MR) is 132 cm³/mol. The van der Waals surface area contributed by atoms with Crippen LogP contribution in [0.25, 0.3) is 0 Å². The molecule has 1 aromatic rings. The molecule has 7 nitrogen and oxygen atoms in total. The van der Waals surface area contributed by atoms with Gasteiger partial charge in [0.25, 0.3) is 0 Å². The van der Waals surface area contributed by atoms with Gasteiger partial charge in [0.1, 0.15) is 0 Å². The van der Waals surface area contributed by atoms with Crippen LogP contribution in [-0.2, 0) is 41.6 Å². The Morgan fingerprint density at radius 2 is 1.18 bits per heavy atom. The maximum Gasteiger partial charge on any atom is 0.338 e. The van der Waals surface area contributed by atoms with Gasteiger partial charge in [-0.25, -0.2) is 4.79 Å². The molecule has 0 saturated heterocycles. The van der Waals surface area contributed by atoms with Gasteiger partial charge in [-0.15, -0.1) is 0 Å². The SMILES string of the molecule is C=COCCCCOCc1ccc(COCCCCOC=C)c(C(=O)OCCCCOC=C)c1. The Balaban J connectivity index is 2.58.